The molecule has 0 spiro atoms. The molecule has 1 unspecified atom stereocenters. The van der Waals surface area contributed by atoms with Gasteiger partial charge in [-0.15, -0.1) is 0 Å². The van der Waals surface area contributed by atoms with Gasteiger partial charge in [0.05, 0.1) is 17.4 Å². The summed E-state index contributed by atoms with van der Waals surface area (Å²) in [5.41, 5.74) is 1.33. The van der Waals surface area contributed by atoms with E-state index in [0.29, 0.717) is 12.0 Å². The summed E-state index contributed by atoms with van der Waals surface area (Å²) in [6.45, 7) is 0. The maximum atomic E-state index is 12.3. The van der Waals surface area contributed by atoms with E-state index < -0.39 is 5.92 Å². The molecular formula is C16H15N3O3. The number of para-hydroxylation sites is 1. The Kier molecular flexibility index (Phi) is 3.82. The second kappa shape index (κ2) is 5.93. The number of ketones is 1. The van der Waals surface area contributed by atoms with Crippen LogP contribution in [0.4, 0.5) is 0 Å². The molecule has 2 heterocycles. The van der Waals surface area contributed by atoms with Gasteiger partial charge in [-0.25, -0.2) is 4.68 Å². The summed E-state index contributed by atoms with van der Waals surface area (Å²) in [4.78, 5) is 35.1. The highest BCUT2D eigenvalue weighted by Crippen LogP contribution is 2.19. The van der Waals surface area contributed by atoms with Gasteiger partial charge in [-0.1, -0.05) is 18.2 Å². The van der Waals surface area contributed by atoms with Gasteiger partial charge in [0.25, 0.3) is 0 Å². The summed E-state index contributed by atoms with van der Waals surface area (Å²) in [7, 11) is 0. The van der Waals surface area contributed by atoms with Gasteiger partial charge in [0.1, 0.15) is 0 Å². The maximum absolute atomic E-state index is 12.3. The van der Waals surface area contributed by atoms with Crippen molar-refractivity contribution in [2.24, 2.45) is 5.92 Å². The van der Waals surface area contributed by atoms with Crippen LogP contribution < -0.4 is 5.32 Å². The van der Waals surface area contributed by atoms with Gasteiger partial charge in [-0.3, -0.25) is 19.7 Å². The molecule has 1 atom stereocenters. The molecule has 2 aromatic rings. The van der Waals surface area contributed by atoms with Crippen molar-refractivity contribution in [1.82, 2.24) is 15.1 Å². The largest absolute Gasteiger partial charge is 0.296 e. The van der Waals surface area contributed by atoms with Crippen molar-refractivity contribution >= 4 is 17.6 Å². The van der Waals surface area contributed by atoms with E-state index in [1.807, 2.05) is 30.3 Å². The van der Waals surface area contributed by atoms with Gasteiger partial charge in [-0.2, -0.15) is 5.10 Å². The monoisotopic (exact) mass is 297 g/mol. The molecule has 6 nitrogen and oxygen atoms in total. The smallest absolute Gasteiger partial charge is 0.230 e. The van der Waals surface area contributed by atoms with Crippen LogP contribution in [0.3, 0.4) is 0 Å². The Morgan fingerprint density at radius 2 is 2.05 bits per heavy atom. The van der Waals surface area contributed by atoms with Crippen molar-refractivity contribution < 1.29 is 14.4 Å². The SMILES string of the molecule is O=C1CCC(CC(=O)c2cnn(-c3ccccc3)c2)C(=O)N1. The number of Topliss-reactive ketones (excluding diaryl/α,β-unsaturated/α-hetero) is 1. The molecular weight excluding hydrogens is 282 g/mol. The highest BCUT2D eigenvalue weighted by Gasteiger charge is 2.29. The predicted molar refractivity (Wildman–Crippen MR) is 78.4 cm³/mol. The first-order valence-electron chi connectivity index (χ1n) is 7.10. The number of nitrogens with one attached hydrogen (secondary N) is 1. The van der Waals surface area contributed by atoms with Crippen molar-refractivity contribution in [3.63, 3.8) is 0 Å². The molecule has 3 rings (SSSR count). The summed E-state index contributed by atoms with van der Waals surface area (Å²) in [6, 6.07) is 9.47. The quantitative estimate of drug-likeness (QED) is 0.685. The van der Waals surface area contributed by atoms with E-state index in [1.165, 1.54) is 6.20 Å². The molecule has 0 saturated carbocycles. The van der Waals surface area contributed by atoms with Gasteiger partial charge in [0, 0.05) is 25.0 Å². The molecule has 0 bridgehead atoms. The molecule has 22 heavy (non-hydrogen) atoms. The molecule has 0 radical (unpaired) electrons. The lowest BCUT2D eigenvalue weighted by Crippen LogP contribution is -2.41. The number of benzene rings is 1. The lowest BCUT2D eigenvalue weighted by atomic mass is 9.91. The summed E-state index contributed by atoms with van der Waals surface area (Å²) in [6.07, 6.45) is 3.96. The third-order valence-corrected chi connectivity index (χ3v) is 3.71. The van der Waals surface area contributed by atoms with Gasteiger partial charge < -0.3 is 0 Å². The number of carbonyl (C=O) groups excluding carboxylic acids is 3. The molecule has 2 amide bonds. The lowest BCUT2D eigenvalue weighted by molar-refractivity contribution is -0.136. The molecule has 112 valence electrons. The molecule has 1 saturated heterocycles. The molecule has 1 aromatic heterocycles. The standard InChI is InChI=1S/C16H15N3O3/c20-14(8-11-6-7-15(21)18-16(11)22)12-9-17-19(10-12)13-4-2-1-3-5-13/h1-5,9-11H,6-8H2,(H,18,21,22). The number of rotatable bonds is 4. The van der Waals surface area contributed by atoms with Gasteiger partial charge in [-0.05, 0) is 18.6 Å². The Labute approximate surface area is 127 Å². The molecule has 1 aliphatic heterocycles. The van der Waals surface area contributed by atoms with Crippen LogP contribution >= 0.6 is 0 Å². The highest BCUT2D eigenvalue weighted by atomic mass is 16.2. The van der Waals surface area contributed by atoms with Crippen LogP contribution in [0.25, 0.3) is 5.69 Å². The first kappa shape index (κ1) is 14.2. The Hall–Kier alpha value is -2.76. The Bertz CT molecular complexity index is 721. The van der Waals surface area contributed by atoms with Crippen LogP contribution in [0.15, 0.2) is 42.7 Å². The van der Waals surface area contributed by atoms with E-state index in [0.717, 1.165) is 5.69 Å². The minimum atomic E-state index is -0.440. The predicted octanol–water partition coefficient (Wildman–Crippen LogP) is 1.50. The minimum Gasteiger partial charge on any atom is -0.296 e. The van der Waals surface area contributed by atoms with Crippen LogP contribution in [0.5, 0.6) is 0 Å². The van der Waals surface area contributed by atoms with Crippen LogP contribution in [0.2, 0.25) is 0 Å². The molecule has 1 aromatic carbocycles. The van der Waals surface area contributed by atoms with Crippen LogP contribution in [-0.2, 0) is 9.59 Å². The molecule has 6 heteroatoms. The van der Waals surface area contributed by atoms with Gasteiger partial charge in [0.2, 0.25) is 11.8 Å². The fraction of sp³-hybridized carbons (Fsp3) is 0.250. The number of imide groups is 1. The highest BCUT2D eigenvalue weighted by molar-refractivity contribution is 6.03. The fourth-order valence-electron chi connectivity index (χ4n) is 2.46. The summed E-state index contributed by atoms with van der Waals surface area (Å²) < 4.78 is 1.62. The third kappa shape index (κ3) is 2.95. The second-order valence-corrected chi connectivity index (χ2v) is 5.28. The number of piperidine rings is 1. The van der Waals surface area contributed by atoms with E-state index in [1.54, 1.807) is 10.9 Å². The molecule has 0 aliphatic carbocycles. The first-order valence-corrected chi connectivity index (χ1v) is 7.10. The van der Waals surface area contributed by atoms with Crippen LogP contribution in [0.1, 0.15) is 29.6 Å². The average Bonchev–Trinajstić information content (AvgIpc) is 3.01. The zero-order valence-electron chi connectivity index (χ0n) is 11.9. The Balaban J connectivity index is 1.70. The zero-order valence-corrected chi connectivity index (χ0v) is 11.9. The second-order valence-electron chi connectivity index (χ2n) is 5.28. The van der Waals surface area contributed by atoms with Gasteiger partial charge in [0.15, 0.2) is 5.78 Å². The van der Waals surface area contributed by atoms with E-state index in [-0.39, 0.29) is 30.4 Å². The summed E-state index contributed by atoms with van der Waals surface area (Å²) >= 11 is 0. The van der Waals surface area contributed by atoms with Crippen molar-refractivity contribution in [3.05, 3.63) is 48.3 Å². The average molecular weight is 297 g/mol. The third-order valence-electron chi connectivity index (χ3n) is 3.71. The topological polar surface area (TPSA) is 81.1 Å². The van der Waals surface area contributed by atoms with Crippen molar-refractivity contribution in [2.45, 2.75) is 19.3 Å². The van der Waals surface area contributed by atoms with Crippen LogP contribution in [-0.4, -0.2) is 27.4 Å². The number of carbonyl (C=O) groups is 3. The number of nitrogens with zero attached hydrogens (tertiary/aromatic N) is 2. The van der Waals surface area contributed by atoms with Gasteiger partial charge >= 0.3 is 0 Å². The summed E-state index contributed by atoms with van der Waals surface area (Å²) in [5.74, 6) is -1.22. The first-order chi connectivity index (χ1) is 10.6. The van der Waals surface area contributed by atoms with E-state index in [9.17, 15) is 14.4 Å². The number of aromatic nitrogens is 2. The van der Waals surface area contributed by atoms with Crippen molar-refractivity contribution in [2.75, 3.05) is 0 Å². The fourth-order valence-corrected chi connectivity index (χ4v) is 2.46. The lowest BCUT2D eigenvalue weighted by Gasteiger charge is -2.19. The molecule has 1 N–H and O–H groups in total. The van der Waals surface area contributed by atoms with Crippen LogP contribution in [0, 0.1) is 5.92 Å². The normalized spacial score (nSPS) is 18.1. The molecule has 1 fully saturated rings. The van der Waals surface area contributed by atoms with E-state index >= 15 is 0 Å². The zero-order chi connectivity index (χ0) is 15.5. The van der Waals surface area contributed by atoms with E-state index in [4.69, 9.17) is 0 Å². The number of hydrogen-bond acceptors (Lipinski definition) is 4. The number of amides is 2. The Morgan fingerprint density at radius 1 is 1.27 bits per heavy atom. The number of hydrogen-bond donors (Lipinski definition) is 1. The van der Waals surface area contributed by atoms with Crippen molar-refractivity contribution in [1.29, 1.82) is 0 Å². The van der Waals surface area contributed by atoms with E-state index in [2.05, 4.69) is 10.4 Å². The van der Waals surface area contributed by atoms with Crippen molar-refractivity contribution in [3.8, 4) is 5.69 Å². The molecule has 1 aliphatic rings. The summed E-state index contributed by atoms with van der Waals surface area (Å²) in [5, 5.41) is 6.44. The Morgan fingerprint density at radius 3 is 2.77 bits per heavy atom. The maximum Gasteiger partial charge on any atom is 0.230 e. The minimum absolute atomic E-state index is 0.0968.